The quantitative estimate of drug-likeness (QED) is 0.809. The van der Waals surface area contributed by atoms with Gasteiger partial charge in [-0.2, -0.15) is 0 Å². The van der Waals surface area contributed by atoms with Gasteiger partial charge in [0, 0.05) is 6.04 Å². The van der Waals surface area contributed by atoms with Crippen LogP contribution in [-0.2, 0) is 11.3 Å². The van der Waals surface area contributed by atoms with Gasteiger partial charge in [-0.3, -0.25) is 4.90 Å². The molecular formula is C14H19NO4. The number of ether oxygens (including phenoxy) is 1. The minimum Gasteiger partial charge on any atom is -0.444 e. The number of carbonyl (C=O) groups is 1. The number of rotatable bonds is 4. The predicted molar refractivity (Wildman–Crippen MR) is 69.2 cm³/mol. The van der Waals surface area contributed by atoms with Crippen molar-refractivity contribution in [2.24, 2.45) is 0 Å². The first-order valence-corrected chi connectivity index (χ1v) is 6.47. The maximum atomic E-state index is 11.9. The molecule has 5 nitrogen and oxygen atoms in total. The summed E-state index contributed by atoms with van der Waals surface area (Å²) < 4.78 is 5.17. The molecule has 0 aliphatic heterocycles. The summed E-state index contributed by atoms with van der Waals surface area (Å²) in [5.74, 6) is 0. The molecule has 1 fully saturated rings. The lowest BCUT2D eigenvalue weighted by Crippen LogP contribution is -2.40. The summed E-state index contributed by atoms with van der Waals surface area (Å²) in [4.78, 5) is 13.2. The maximum Gasteiger partial charge on any atom is 0.412 e. The van der Waals surface area contributed by atoms with E-state index in [0.717, 1.165) is 5.56 Å². The molecule has 1 aliphatic rings. The summed E-state index contributed by atoms with van der Waals surface area (Å²) in [5, 5.41) is 18.8. The molecule has 1 aromatic rings. The number of aliphatic hydroxyl groups excluding tert-OH is 2. The molecule has 0 bridgehead atoms. The molecule has 0 spiro atoms. The first-order valence-electron chi connectivity index (χ1n) is 6.47. The Morgan fingerprint density at radius 2 is 2.05 bits per heavy atom. The van der Waals surface area contributed by atoms with E-state index in [0.29, 0.717) is 19.3 Å². The van der Waals surface area contributed by atoms with Crippen molar-refractivity contribution in [1.29, 1.82) is 0 Å². The standard InChI is InChI=1S/C14H19NO4/c16-10-15(12-6-7-13(17)8-12)14(18)19-9-11-4-2-1-3-5-11/h1-5,12-13,16-17H,6-10H2. The van der Waals surface area contributed by atoms with Crippen LogP contribution in [0.15, 0.2) is 30.3 Å². The van der Waals surface area contributed by atoms with Crippen LogP contribution >= 0.6 is 0 Å². The van der Waals surface area contributed by atoms with Gasteiger partial charge in [-0.15, -0.1) is 0 Å². The molecule has 104 valence electrons. The second kappa shape index (κ2) is 6.54. The lowest BCUT2D eigenvalue weighted by Gasteiger charge is -2.25. The summed E-state index contributed by atoms with van der Waals surface area (Å²) in [6.07, 6.45) is 0.933. The highest BCUT2D eigenvalue weighted by Gasteiger charge is 2.31. The lowest BCUT2D eigenvalue weighted by molar-refractivity contribution is 0.0347. The summed E-state index contributed by atoms with van der Waals surface area (Å²) in [6, 6.07) is 9.25. The minimum atomic E-state index is -0.537. The number of amides is 1. The molecule has 2 rings (SSSR count). The van der Waals surface area contributed by atoms with Gasteiger partial charge >= 0.3 is 6.09 Å². The summed E-state index contributed by atoms with van der Waals surface area (Å²) in [5.41, 5.74) is 0.903. The largest absolute Gasteiger partial charge is 0.444 e. The van der Waals surface area contributed by atoms with E-state index in [9.17, 15) is 15.0 Å². The van der Waals surface area contributed by atoms with Crippen LogP contribution in [-0.4, -0.2) is 40.1 Å². The average Bonchev–Trinajstić information content (AvgIpc) is 2.85. The molecular weight excluding hydrogens is 246 g/mol. The van der Waals surface area contributed by atoms with Crippen molar-refractivity contribution in [1.82, 2.24) is 4.90 Å². The third-order valence-electron chi connectivity index (χ3n) is 3.41. The highest BCUT2D eigenvalue weighted by molar-refractivity contribution is 5.68. The van der Waals surface area contributed by atoms with Crippen LogP contribution in [0.5, 0.6) is 0 Å². The molecule has 2 N–H and O–H groups in total. The molecule has 0 radical (unpaired) electrons. The van der Waals surface area contributed by atoms with E-state index >= 15 is 0 Å². The van der Waals surface area contributed by atoms with E-state index in [2.05, 4.69) is 0 Å². The van der Waals surface area contributed by atoms with Gasteiger partial charge in [0.1, 0.15) is 13.3 Å². The van der Waals surface area contributed by atoms with Crippen molar-refractivity contribution in [3.63, 3.8) is 0 Å². The number of hydrogen-bond donors (Lipinski definition) is 2. The fourth-order valence-electron chi connectivity index (χ4n) is 2.34. The highest BCUT2D eigenvalue weighted by Crippen LogP contribution is 2.24. The molecule has 2 unspecified atom stereocenters. The second-order valence-electron chi connectivity index (χ2n) is 4.77. The van der Waals surface area contributed by atoms with Crippen LogP contribution in [0.2, 0.25) is 0 Å². The zero-order chi connectivity index (χ0) is 13.7. The van der Waals surface area contributed by atoms with Gasteiger partial charge in [-0.05, 0) is 24.8 Å². The van der Waals surface area contributed by atoms with Crippen molar-refractivity contribution in [3.05, 3.63) is 35.9 Å². The number of nitrogens with zero attached hydrogens (tertiary/aromatic N) is 1. The van der Waals surface area contributed by atoms with Crippen molar-refractivity contribution in [2.45, 2.75) is 38.0 Å². The molecule has 1 saturated carbocycles. The van der Waals surface area contributed by atoms with Gasteiger partial charge in [-0.25, -0.2) is 4.79 Å². The number of benzene rings is 1. The molecule has 1 aromatic carbocycles. The molecule has 5 heteroatoms. The van der Waals surface area contributed by atoms with E-state index in [1.165, 1.54) is 4.90 Å². The van der Waals surface area contributed by atoms with E-state index in [1.54, 1.807) is 0 Å². The Morgan fingerprint density at radius 3 is 2.63 bits per heavy atom. The minimum absolute atomic E-state index is 0.136. The zero-order valence-corrected chi connectivity index (χ0v) is 10.7. The number of hydrogen-bond acceptors (Lipinski definition) is 4. The zero-order valence-electron chi connectivity index (χ0n) is 10.7. The lowest BCUT2D eigenvalue weighted by atomic mass is 10.2. The fourth-order valence-corrected chi connectivity index (χ4v) is 2.34. The first kappa shape index (κ1) is 13.8. The van der Waals surface area contributed by atoms with Crippen LogP contribution in [0.25, 0.3) is 0 Å². The second-order valence-corrected chi connectivity index (χ2v) is 4.77. The Balaban J connectivity index is 1.87. The normalized spacial score (nSPS) is 22.2. The SMILES string of the molecule is O=C(OCc1ccccc1)N(CO)C1CCC(O)C1. The van der Waals surface area contributed by atoms with Crippen molar-refractivity contribution < 1.29 is 19.7 Å². The predicted octanol–water partition coefficient (Wildman–Crippen LogP) is 1.49. The van der Waals surface area contributed by atoms with Crippen LogP contribution in [0.3, 0.4) is 0 Å². The Hall–Kier alpha value is -1.59. The van der Waals surface area contributed by atoms with Crippen molar-refractivity contribution >= 4 is 6.09 Å². The van der Waals surface area contributed by atoms with Crippen molar-refractivity contribution in [3.8, 4) is 0 Å². The monoisotopic (exact) mass is 265 g/mol. The van der Waals surface area contributed by atoms with Gasteiger partial charge < -0.3 is 14.9 Å². The molecule has 2 atom stereocenters. The summed E-state index contributed by atoms with van der Waals surface area (Å²) in [6.45, 7) is -0.198. The van der Waals surface area contributed by atoms with Gasteiger partial charge in [0.05, 0.1) is 6.10 Å². The molecule has 0 heterocycles. The Bertz CT molecular complexity index is 409. The van der Waals surface area contributed by atoms with Crippen molar-refractivity contribution in [2.75, 3.05) is 6.73 Å². The van der Waals surface area contributed by atoms with Crippen LogP contribution in [0.4, 0.5) is 4.79 Å². The topological polar surface area (TPSA) is 70.0 Å². The summed E-state index contributed by atoms with van der Waals surface area (Å²) in [7, 11) is 0. The molecule has 19 heavy (non-hydrogen) atoms. The van der Waals surface area contributed by atoms with Gasteiger partial charge in [0.2, 0.25) is 0 Å². The Morgan fingerprint density at radius 1 is 1.32 bits per heavy atom. The molecule has 1 aliphatic carbocycles. The van der Waals surface area contributed by atoms with E-state index in [-0.39, 0.29) is 25.5 Å². The fraction of sp³-hybridized carbons (Fsp3) is 0.500. The van der Waals surface area contributed by atoms with Crippen LogP contribution < -0.4 is 0 Å². The average molecular weight is 265 g/mol. The smallest absolute Gasteiger partial charge is 0.412 e. The molecule has 0 saturated heterocycles. The highest BCUT2D eigenvalue weighted by atomic mass is 16.6. The van der Waals surface area contributed by atoms with Gasteiger partial charge in [0.15, 0.2) is 0 Å². The Labute approximate surface area is 112 Å². The Kier molecular flexibility index (Phi) is 4.76. The summed E-state index contributed by atoms with van der Waals surface area (Å²) >= 11 is 0. The first-order chi connectivity index (χ1) is 9.20. The van der Waals surface area contributed by atoms with E-state index in [4.69, 9.17) is 4.74 Å². The van der Waals surface area contributed by atoms with Gasteiger partial charge in [0.25, 0.3) is 0 Å². The van der Waals surface area contributed by atoms with E-state index in [1.807, 2.05) is 30.3 Å². The third kappa shape index (κ3) is 3.68. The van der Waals surface area contributed by atoms with Crippen LogP contribution in [0, 0.1) is 0 Å². The molecule has 1 amide bonds. The maximum absolute atomic E-state index is 11.9. The van der Waals surface area contributed by atoms with E-state index < -0.39 is 6.09 Å². The number of carbonyl (C=O) groups excluding carboxylic acids is 1. The van der Waals surface area contributed by atoms with Crippen LogP contribution in [0.1, 0.15) is 24.8 Å². The third-order valence-corrected chi connectivity index (χ3v) is 3.41. The number of aliphatic hydroxyl groups is 2. The molecule has 0 aromatic heterocycles. The van der Waals surface area contributed by atoms with Gasteiger partial charge in [-0.1, -0.05) is 30.3 Å².